The van der Waals surface area contributed by atoms with Gasteiger partial charge >= 0.3 is 0 Å². The van der Waals surface area contributed by atoms with Gasteiger partial charge in [-0.2, -0.15) is 0 Å². The molecule has 0 bridgehead atoms. The van der Waals surface area contributed by atoms with Crippen LogP contribution in [0.5, 0.6) is 0 Å². The van der Waals surface area contributed by atoms with Crippen LogP contribution in [-0.4, -0.2) is 36.6 Å². The fraction of sp³-hybridized carbons (Fsp3) is 0.900. The second-order valence-electron chi connectivity index (χ2n) is 3.47. The van der Waals surface area contributed by atoms with Crippen LogP contribution in [0.4, 0.5) is 0 Å². The summed E-state index contributed by atoms with van der Waals surface area (Å²) >= 11 is 0. The Morgan fingerprint density at radius 3 is 2.92 bits per heavy atom. The molecule has 0 aromatic carbocycles. The third-order valence-corrected chi connectivity index (χ3v) is 2.40. The van der Waals surface area contributed by atoms with Crippen LogP contribution in [0, 0.1) is 0 Å². The van der Waals surface area contributed by atoms with Crippen molar-refractivity contribution in [2.45, 2.75) is 39.2 Å². The number of rotatable bonds is 3. The van der Waals surface area contributed by atoms with Gasteiger partial charge in [0.25, 0.3) is 0 Å². The van der Waals surface area contributed by atoms with E-state index in [0.717, 1.165) is 25.9 Å². The lowest BCUT2D eigenvalue weighted by Crippen LogP contribution is -2.45. The summed E-state index contributed by atoms with van der Waals surface area (Å²) in [4.78, 5) is 13.3. The molecular weight excluding hydrogens is 166 g/mol. The molecule has 1 aliphatic heterocycles. The first-order valence-corrected chi connectivity index (χ1v) is 5.17. The van der Waals surface area contributed by atoms with Gasteiger partial charge in [0.2, 0.25) is 5.91 Å². The van der Waals surface area contributed by atoms with E-state index in [2.05, 4.69) is 6.92 Å². The van der Waals surface area contributed by atoms with Crippen LogP contribution < -0.4 is 0 Å². The molecule has 0 aromatic rings. The molecule has 0 radical (unpaired) electrons. The van der Waals surface area contributed by atoms with Gasteiger partial charge in [0.1, 0.15) is 0 Å². The van der Waals surface area contributed by atoms with Crippen molar-refractivity contribution in [1.82, 2.24) is 4.90 Å². The summed E-state index contributed by atoms with van der Waals surface area (Å²) in [6.07, 6.45) is 3.07. The first kappa shape index (κ1) is 10.5. The monoisotopic (exact) mass is 185 g/mol. The molecule has 0 aromatic heterocycles. The third kappa shape index (κ3) is 2.99. The Balaban J connectivity index is 2.37. The smallest absolute Gasteiger partial charge is 0.222 e. The highest BCUT2D eigenvalue weighted by atomic mass is 16.5. The molecule has 1 aliphatic rings. The minimum atomic E-state index is 0.254. The first-order chi connectivity index (χ1) is 6.27. The van der Waals surface area contributed by atoms with Crippen LogP contribution in [0.3, 0.4) is 0 Å². The van der Waals surface area contributed by atoms with Gasteiger partial charge in [0.15, 0.2) is 0 Å². The highest BCUT2D eigenvalue weighted by molar-refractivity contribution is 5.75. The van der Waals surface area contributed by atoms with E-state index in [0.29, 0.717) is 13.0 Å². The molecule has 0 N–H and O–H groups in total. The Morgan fingerprint density at radius 1 is 1.54 bits per heavy atom. The van der Waals surface area contributed by atoms with E-state index in [1.54, 1.807) is 0 Å². The predicted molar refractivity (Wildman–Crippen MR) is 51.5 cm³/mol. The standard InChI is InChI=1S/C10H19NO2/c1-3-5-9-8-11(6-7-13-9)10(12)4-2/h9H,3-8H2,1-2H3. The molecule has 76 valence electrons. The molecule has 1 rings (SSSR count). The quantitative estimate of drug-likeness (QED) is 0.665. The van der Waals surface area contributed by atoms with Crippen molar-refractivity contribution in [3.05, 3.63) is 0 Å². The van der Waals surface area contributed by atoms with Crippen molar-refractivity contribution in [3.63, 3.8) is 0 Å². The molecule has 0 aliphatic carbocycles. The number of hydrogen-bond donors (Lipinski definition) is 0. The molecule has 13 heavy (non-hydrogen) atoms. The Kier molecular flexibility index (Phi) is 4.22. The fourth-order valence-corrected chi connectivity index (χ4v) is 1.67. The number of carbonyl (C=O) groups excluding carboxylic acids is 1. The van der Waals surface area contributed by atoms with Crippen molar-refractivity contribution in [2.24, 2.45) is 0 Å². The van der Waals surface area contributed by atoms with Gasteiger partial charge in [-0.3, -0.25) is 4.79 Å². The van der Waals surface area contributed by atoms with E-state index < -0.39 is 0 Å². The average Bonchev–Trinajstić information content (AvgIpc) is 2.18. The predicted octanol–water partition coefficient (Wildman–Crippen LogP) is 1.42. The lowest BCUT2D eigenvalue weighted by molar-refractivity contribution is -0.138. The minimum Gasteiger partial charge on any atom is -0.375 e. The van der Waals surface area contributed by atoms with Gasteiger partial charge in [-0.1, -0.05) is 20.3 Å². The zero-order valence-electron chi connectivity index (χ0n) is 8.58. The van der Waals surface area contributed by atoms with Gasteiger partial charge in [-0.15, -0.1) is 0 Å². The molecule has 0 spiro atoms. The van der Waals surface area contributed by atoms with Crippen LogP contribution in [-0.2, 0) is 9.53 Å². The summed E-state index contributed by atoms with van der Waals surface area (Å²) in [5.41, 5.74) is 0. The molecule has 0 saturated carbocycles. The Hall–Kier alpha value is -0.570. The van der Waals surface area contributed by atoms with E-state index in [9.17, 15) is 4.79 Å². The average molecular weight is 185 g/mol. The zero-order chi connectivity index (χ0) is 9.68. The fourth-order valence-electron chi connectivity index (χ4n) is 1.67. The largest absolute Gasteiger partial charge is 0.375 e. The summed E-state index contributed by atoms with van der Waals surface area (Å²) in [6.45, 7) is 6.32. The Labute approximate surface area is 80.1 Å². The molecule has 3 nitrogen and oxygen atoms in total. The third-order valence-electron chi connectivity index (χ3n) is 2.40. The number of hydrogen-bond acceptors (Lipinski definition) is 2. The highest BCUT2D eigenvalue weighted by Gasteiger charge is 2.22. The second-order valence-corrected chi connectivity index (χ2v) is 3.47. The van der Waals surface area contributed by atoms with Gasteiger partial charge < -0.3 is 9.64 Å². The van der Waals surface area contributed by atoms with E-state index >= 15 is 0 Å². The molecule has 1 amide bonds. The van der Waals surface area contributed by atoms with Crippen molar-refractivity contribution in [3.8, 4) is 0 Å². The van der Waals surface area contributed by atoms with Crippen molar-refractivity contribution >= 4 is 5.91 Å². The maximum Gasteiger partial charge on any atom is 0.222 e. The lowest BCUT2D eigenvalue weighted by Gasteiger charge is -2.32. The molecule has 3 heteroatoms. The van der Waals surface area contributed by atoms with Crippen LogP contribution in [0.15, 0.2) is 0 Å². The SMILES string of the molecule is CCCC1CN(C(=O)CC)CCO1. The number of morpholine rings is 1. The minimum absolute atomic E-state index is 0.254. The summed E-state index contributed by atoms with van der Waals surface area (Å²) in [6, 6.07) is 0. The van der Waals surface area contributed by atoms with Crippen LogP contribution in [0.1, 0.15) is 33.1 Å². The van der Waals surface area contributed by atoms with Crippen LogP contribution in [0.2, 0.25) is 0 Å². The van der Waals surface area contributed by atoms with E-state index in [1.165, 1.54) is 0 Å². The lowest BCUT2D eigenvalue weighted by atomic mass is 10.1. The van der Waals surface area contributed by atoms with Crippen molar-refractivity contribution in [2.75, 3.05) is 19.7 Å². The molecule has 1 heterocycles. The molecular formula is C10H19NO2. The topological polar surface area (TPSA) is 29.5 Å². The summed E-state index contributed by atoms with van der Waals surface area (Å²) in [7, 11) is 0. The van der Waals surface area contributed by atoms with Crippen molar-refractivity contribution < 1.29 is 9.53 Å². The number of ether oxygens (including phenoxy) is 1. The zero-order valence-corrected chi connectivity index (χ0v) is 8.58. The molecule has 1 saturated heterocycles. The van der Waals surface area contributed by atoms with Crippen molar-refractivity contribution in [1.29, 1.82) is 0 Å². The van der Waals surface area contributed by atoms with Crippen LogP contribution >= 0.6 is 0 Å². The molecule has 1 unspecified atom stereocenters. The summed E-state index contributed by atoms with van der Waals surface area (Å²) < 4.78 is 5.55. The summed E-state index contributed by atoms with van der Waals surface area (Å²) in [5, 5.41) is 0. The van der Waals surface area contributed by atoms with E-state index in [-0.39, 0.29) is 12.0 Å². The normalized spacial score (nSPS) is 23.2. The maximum atomic E-state index is 11.4. The molecule has 1 atom stereocenters. The second kappa shape index (κ2) is 5.22. The highest BCUT2D eigenvalue weighted by Crippen LogP contribution is 2.10. The summed E-state index contributed by atoms with van der Waals surface area (Å²) in [5.74, 6) is 0.254. The number of carbonyl (C=O) groups is 1. The maximum absolute atomic E-state index is 11.4. The van der Waals surface area contributed by atoms with Gasteiger partial charge in [0, 0.05) is 19.5 Å². The molecule has 1 fully saturated rings. The van der Waals surface area contributed by atoms with E-state index in [1.807, 2.05) is 11.8 Å². The Morgan fingerprint density at radius 2 is 2.31 bits per heavy atom. The van der Waals surface area contributed by atoms with Gasteiger partial charge in [-0.25, -0.2) is 0 Å². The van der Waals surface area contributed by atoms with E-state index in [4.69, 9.17) is 4.74 Å². The first-order valence-electron chi connectivity index (χ1n) is 5.17. The van der Waals surface area contributed by atoms with Gasteiger partial charge in [0.05, 0.1) is 12.7 Å². The number of amides is 1. The number of nitrogens with zero attached hydrogens (tertiary/aromatic N) is 1. The van der Waals surface area contributed by atoms with Gasteiger partial charge in [-0.05, 0) is 6.42 Å². The van der Waals surface area contributed by atoms with Crippen LogP contribution in [0.25, 0.3) is 0 Å². The Bertz CT molecular complexity index is 168.